The van der Waals surface area contributed by atoms with E-state index >= 15 is 0 Å². The summed E-state index contributed by atoms with van der Waals surface area (Å²) >= 11 is 12.3. The predicted octanol–water partition coefficient (Wildman–Crippen LogP) is 5.15. The molecule has 4 aromatic rings. The number of para-hydroxylation sites is 2. The quantitative estimate of drug-likeness (QED) is 0.350. The number of ether oxygens (including phenoxy) is 2. The van der Waals surface area contributed by atoms with Gasteiger partial charge in [0.1, 0.15) is 12.1 Å². The van der Waals surface area contributed by atoms with Crippen LogP contribution in [0.1, 0.15) is 43.6 Å². The van der Waals surface area contributed by atoms with Gasteiger partial charge in [-0.2, -0.15) is 0 Å². The minimum atomic E-state index is -1.40. The van der Waals surface area contributed by atoms with Gasteiger partial charge >= 0.3 is 11.9 Å². The first-order chi connectivity index (χ1) is 18.7. The van der Waals surface area contributed by atoms with Gasteiger partial charge in [-0.25, -0.2) is 9.59 Å². The molecule has 0 aliphatic carbocycles. The predicted molar refractivity (Wildman–Crippen MR) is 142 cm³/mol. The topological polar surface area (TPSA) is 118 Å². The van der Waals surface area contributed by atoms with E-state index in [0.29, 0.717) is 22.8 Å². The second-order valence-corrected chi connectivity index (χ2v) is 10.1. The van der Waals surface area contributed by atoms with Gasteiger partial charge in [-0.15, -0.1) is 0 Å². The van der Waals surface area contributed by atoms with Crippen molar-refractivity contribution in [1.29, 1.82) is 0 Å². The molecular formula is C28H20Cl2N2O7. The van der Waals surface area contributed by atoms with Crippen molar-refractivity contribution >= 4 is 52.0 Å². The van der Waals surface area contributed by atoms with Crippen molar-refractivity contribution in [2.75, 3.05) is 6.79 Å². The van der Waals surface area contributed by atoms with Crippen LogP contribution >= 0.6 is 23.2 Å². The number of fused-ring (bicyclic) bond motifs is 4. The van der Waals surface area contributed by atoms with Gasteiger partial charge in [-0.1, -0.05) is 53.5 Å². The minimum absolute atomic E-state index is 0.00433. The average Bonchev–Trinajstić information content (AvgIpc) is 3.51. The Morgan fingerprint density at radius 3 is 2.38 bits per heavy atom. The molecule has 0 bridgehead atoms. The third-order valence-electron chi connectivity index (χ3n) is 7.29. The molecule has 2 atom stereocenters. The fraction of sp³-hybridized carbons (Fsp3) is 0.179. The van der Waals surface area contributed by atoms with Crippen LogP contribution in [-0.4, -0.2) is 50.4 Å². The number of amides is 1. The van der Waals surface area contributed by atoms with E-state index in [-0.39, 0.29) is 28.8 Å². The highest BCUT2D eigenvalue weighted by Crippen LogP contribution is 2.48. The second kappa shape index (κ2) is 9.21. The zero-order chi connectivity index (χ0) is 27.6. The fourth-order valence-corrected chi connectivity index (χ4v) is 5.96. The second-order valence-electron chi connectivity index (χ2n) is 9.31. The van der Waals surface area contributed by atoms with Crippen LogP contribution in [0.3, 0.4) is 0 Å². The van der Waals surface area contributed by atoms with Crippen molar-refractivity contribution in [3.05, 3.63) is 92.6 Å². The number of hydrogen-bond donors (Lipinski definition) is 2. The summed E-state index contributed by atoms with van der Waals surface area (Å²) in [5.74, 6) is -2.63. The first kappa shape index (κ1) is 25.1. The third kappa shape index (κ3) is 3.80. The Hall–Kier alpha value is -4.21. The summed E-state index contributed by atoms with van der Waals surface area (Å²) in [7, 11) is 1.85. The molecule has 9 nitrogen and oxygen atoms in total. The summed E-state index contributed by atoms with van der Waals surface area (Å²) in [6.45, 7) is -0.0344. The fourth-order valence-electron chi connectivity index (χ4n) is 5.63. The Balaban J connectivity index is 1.67. The maximum atomic E-state index is 14.3. The number of halogens is 2. The van der Waals surface area contributed by atoms with Gasteiger partial charge in [0.25, 0.3) is 5.91 Å². The lowest BCUT2D eigenvalue weighted by molar-refractivity contribution is -0.143. The van der Waals surface area contributed by atoms with Crippen molar-refractivity contribution < 1.29 is 34.1 Å². The number of aromatic nitrogens is 1. The zero-order valence-corrected chi connectivity index (χ0v) is 21.9. The van der Waals surface area contributed by atoms with Crippen molar-refractivity contribution in [3.63, 3.8) is 0 Å². The summed E-state index contributed by atoms with van der Waals surface area (Å²) < 4.78 is 13.3. The molecule has 0 spiro atoms. The van der Waals surface area contributed by atoms with Crippen LogP contribution in [-0.2, 0) is 18.3 Å². The molecular weight excluding hydrogens is 547 g/mol. The molecule has 11 heteroatoms. The van der Waals surface area contributed by atoms with Gasteiger partial charge in [0.05, 0.1) is 21.2 Å². The van der Waals surface area contributed by atoms with Crippen LogP contribution in [0.5, 0.6) is 11.5 Å². The average molecular weight is 567 g/mol. The molecule has 1 aromatic heterocycles. The van der Waals surface area contributed by atoms with Crippen LogP contribution < -0.4 is 9.47 Å². The molecule has 2 aliphatic heterocycles. The Bertz CT molecular complexity index is 1710. The lowest BCUT2D eigenvalue weighted by atomic mass is 9.86. The number of benzene rings is 3. The molecule has 1 amide bonds. The number of carboxylic acids is 2. The first-order valence-electron chi connectivity index (χ1n) is 11.9. The molecule has 0 saturated heterocycles. The lowest BCUT2D eigenvalue weighted by Gasteiger charge is -2.41. The van der Waals surface area contributed by atoms with Gasteiger partial charge in [-0.05, 0) is 29.8 Å². The number of nitrogens with zero attached hydrogens (tertiary/aromatic N) is 2. The van der Waals surface area contributed by atoms with Gasteiger partial charge in [0.2, 0.25) is 6.79 Å². The third-order valence-corrected chi connectivity index (χ3v) is 8.02. The number of rotatable bonds is 4. The van der Waals surface area contributed by atoms with E-state index in [9.17, 15) is 24.6 Å². The van der Waals surface area contributed by atoms with Crippen molar-refractivity contribution in [2.45, 2.75) is 18.5 Å². The number of aryl methyl sites for hydroxylation is 1. The molecule has 0 saturated carbocycles. The number of carboxylic acid groups (broad SMARTS) is 2. The standard InChI is InChI=1S/C28H20Cl2N2O7/c1-31-20-7-3-2-5-13(20)15-11-21(28(36)37)32(26(33)16-9-18(29)19(30)10-17(16)27(34)35)24(23(15)31)14-6-4-8-22-25(14)39-12-38-22/h2-10,21,24H,11-12H2,1H3,(H,34,35)(H,36,37)/t21-,24?/m1/s1. The summed E-state index contributed by atoms with van der Waals surface area (Å²) in [6, 6.07) is 12.7. The Morgan fingerprint density at radius 2 is 1.67 bits per heavy atom. The van der Waals surface area contributed by atoms with Crippen molar-refractivity contribution in [2.24, 2.45) is 7.05 Å². The van der Waals surface area contributed by atoms with E-state index in [2.05, 4.69) is 0 Å². The van der Waals surface area contributed by atoms with Gasteiger partial charge in [0.15, 0.2) is 11.5 Å². The van der Waals surface area contributed by atoms with Crippen LogP contribution in [0.25, 0.3) is 10.9 Å². The summed E-state index contributed by atoms with van der Waals surface area (Å²) in [6.07, 6.45) is 0.00433. The van der Waals surface area contributed by atoms with Crippen LogP contribution in [0.4, 0.5) is 0 Å². The number of aromatic carboxylic acids is 1. The lowest BCUT2D eigenvalue weighted by Crippen LogP contribution is -2.52. The van der Waals surface area contributed by atoms with E-state index in [0.717, 1.165) is 28.6 Å². The highest BCUT2D eigenvalue weighted by atomic mass is 35.5. The molecule has 0 radical (unpaired) electrons. The molecule has 0 fully saturated rings. The van der Waals surface area contributed by atoms with Crippen LogP contribution in [0.2, 0.25) is 10.0 Å². The van der Waals surface area contributed by atoms with E-state index < -0.39 is 35.5 Å². The SMILES string of the molecule is Cn1c2c(c3ccccc31)C[C@H](C(=O)O)N(C(=O)c1cc(Cl)c(Cl)cc1C(=O)O)C2c1cccc2c1OCO2. The van der Waals surface area contributed by atoms with Crippen LogP contribution in [0.15, 0.2) is 54.6 Å². The number of carbonyl (C=O) groups excluding carboxylic acids is 1. The monoisotopic (exact) mass is 566 g/mol. The molecule has 1 unspecified atom stereocenters. The van der Waals surface area contributed by atoms with Crippen LogP contribution in [0, 0.1) is 0 Å². The van der Waals surface area contributed by atoms with E-state index in [1.807, 2.05) is 35.9 Å². The smallest absolute Gasteiger partial charge is 0.336 e. The summed E-state index contributed by atoms with van der Waals surface area (Å²) in [4.78, 5) is 40.5. The molecule has 3 aromatic carbocycles. The highest BCUT2D eigenvalue weighted by Gasteiger charge is 2.47. The minimum Gasteiger partial charge on any atom is -0.480 e. The summed E-state index contributed by atoms with van der Waals surface area (Å²) in [5, 5.41) is 21.1. The zero-order valence-electron chi connectivity index (χ0n) is 20.4. The van der Waals surface area contributed by atoms with E-state index in [1.54, 1.807) is 18.2 Å². The largest absolute Gasteiger partial charge is 0.480 e. The molecule has 3 heterocycles. The molecule has 39 heavy (non-hydrogen) atoms. The van der Waals surface area contributed by atoms with Crippen molar-refractivity contribution in [1.82, 2.24) is 9.47 Å². The maximum Gasteiger partial charge on any atom is 0.336 e. The van der Waals surface area contributed by atoms with Gasteiger partial charge in [-0.3, -0.25) is 4.79 Å². The van der Waals surface area contributed by atoms with Gasteiger partial charge in [0, 0.05) is 35.6 Å². The Labute approximate surface area is 231 Å². The Kier molecular flexibility index (Phi) is 5.93. The molecule has 2 aliphatic rings. The van der Waals surface area contributed by atoms with E-state index in [1.165, 1.54) is 4.90 Å². The van der Waals surface area contributed by atoms with E-state index in [4.69, 9.17) is 32.7 Å². The number of hydrogen-bond acceptors (Lipinski definition) is 5. The number of carbonyl (C=O) groups is 3. The molecule has 198 valence electrons. The van der Waals surface area contributed by atoms with Gasteiger partial charge < -0.3 is 29.2 Å². The molecule has 2 N–H and O–H groups in total. The summed E-state index contributed by atoms with van der Waals surface area (Å²) in [5.41, 5.74) is 2.16. The maximum absolute atomic E-state index is 14.3. The highest BCUT2D eigenvalue weighted by molar-refractivity contribution is 6.42. The van der Waals surface area contributed by atoms with Crippen molar-refractivity contribution in [3.8, 4) is 11.5 Å². The Morgan fingerprint density at radius 1 is 0.949 bits per heavy atom. The molecule has 6 rings (SSSR count). The number of aliphatic carboxylic acids is 1. The normalized spacial score (nSPS) is 17.8. The first-order valence-corrected chi connectivity index (χ1v) is 12.7.